The lowest BCUT2D eigenvalue weighted by molar-refractivity contribution is -0.0597. The third-order valence-corrected chi connectivity index (χ3v) is 5.41. The van der Waals surface area contributed by atoms with Gasteiger partial charge in [0.25, 0.3) is 0 Å². The van der Waals surface area contributed by atoms with Crippen LogP contribution in [0.2, 0.25) is 0 Å². The van der Waals surface area contributed by atoms with Crippen molar-refractivity contribution in [3.63, 3.8) is 0 Å². The first-order chi connectivity index (χ1) is 14.2. The van der Waals surface area contributed by atoms with Crippen molar-refractivity contribution in [3.8, 4) is 0 Å². The summed E-state index contributed by atoms with van der Waals surface area (Å²) in [6.45, 7) is 3.66. The summed E-state index contributed by atoms with van der Waals surface area (Å²) in [6, 6.07) is 4.57. The van der Waals surface area contributed by atoms with Crippen molar-refractivity contribution in [2.45, 2.75) is 37.3 Å². The highest BCUT2D eigenvalue weighted by Crippen LogP contribution is 2.30. The molecule has 0 saturated carbocycles. The summed E-state index contributed by atoms with van der Waals surface area (Å²) in [5.74, 6) is -13.5. The van der Waals surface area contributed by atoms with E-state index < -0.39 is 61.6 Å². The van der Waals surface area contributed by atoms with Gasteiger partial charge >= 0.3 is 16.3 Å². The fourth-order valence-electron chi connectivity index (χ4n) is 2.40. The highest BCUT2D eigenvalue weighted by molar-refractivity contribution is 7.86. The monoisotopic (exact) mass is 475 g/mol. The van der Waals surface area contributed by atoms with Crippen LogP contribution < -0.4 is 0 Å². The van der Waals surface area contributed by atoms with E-state index >= 15 is 0 Å². The summed E-state index contributed by atoms with van der Waals surface area (Å²) < 4.78 is 134. The SMILES string of the molecule is CCC(C)c1ccc(/C(=N/OS(=O)(=O)c2c(F)c(F)c(F)c(F)c2F)C(F)(F)F)cc1. The Morgan fingerprint density at radius 1 is 0.935 bits per heavy atom. The van der Waals surface area contributed by atoms with Crippen molar-refractivity contribution in [3.05, 3.63) is 64.5 Å². The Morgan fingerprint density at radius 2 is 1.39 bits per heavy atom. The first-order valence-electron chi connectivity index (χ1n) is 8.42. The minimum atomic E-state index is -5.96. The van der Waals surface area contributed by atoms with Gasteiger partial charge in [0.05, 0.1) is 0 Å². The zero-order valence-electron chi connectivity index (χ0n) is 15.7. The molecule has 0 heterocycles. The van der Waals surface area contributed by atoms with Gasteiger partial charge in [0, 0.05) is 5.56 Å². The molecule has 0 radical (unpaired) electrons. The van der Waals surface area contributed by atoms with Crippen LogP contribution in [0.5, 0.6) is 0 Å². The summed E-state index contributed by atoms with van der Waals surface area (Å²) in [4.78, 5) is -2.47. The van der Waals surface area contributed by atoms with E-state index in [2.05, 4.69) is 9.44 Å². The van der Waals surface area contributed by atoms with Crippen LogP contribution in [-0.4, -0.2) is 20.3 Å². The van der Waals surface area contributed by atoms with E-state index in [1.807, 2.05) is 13.8 Å². The highest BCUT2D eigenvalue weighted by atomic mass is 32.2. The molecule has 31 heavy (non-hydrogen) atoms. The fraction of sp³-hybridized carbons (Fsp3) is 0.278. The summed E-state index contributed by atoms with van der Waals surface area (Å²) in [7, 11) is -5.96. The highest BCUT2D eigenvalue weighted by Gasteiger charge is 2.40. The van der Waals surface area contributed by atoms with Crippen molar-refractivity contribution in [1.82, 2.24) is 0 Å². The van der Waals surface area contributed by atoms with Crippen LogP contribution in [0.25, 0.3) is 0 Å². The van der Waals surface area contributed by atoms with Crippen LogP contribution >= 0.6 is 0 Å². The van der Waals surface area contributed by atoms with Gasteiger partial charge in [-0.25, -0.2) is 22.0 Å². The second kappa shape index (κ2) is 8.81. The van der Waals surface area contributed by atoms with Crippen molar-refractivity contribution in [2.75, 3.05) is 0 Å². The van der Waals surface area contributed by atoms with E-state index in [0.717, 1.165) is 12.1 Å². The Kier molecular flexibility index (Phi) is 6.98. The van der Waals surface area contributed by atoms with Crippen molar-refractivity contribution in [1.29, 1.82) is 0 Å². The lowest BCUT2D eigenvalue weighted by Gasteiger charge is -2.13. The van der Waals surface area contributed by atoms with Crippen LogP contribution in [-0.2, 0) is 14.4 Å². The topological polar surface area (TPSA) is 55.7 Å². The molecule has 13 heteroatoms. The largest absolute Gasteiger partial charge is 0.437 e. The summed E-state index contributed by atoms with van der Waals surface area (Å²) in [5, 5.41) is 2.40. The van der Waals surface area contributed by atoms with E-state index in [-0.39, 0.29) is 5.92 Å². The van der Waals surface area contributed by atoms with Gasteiger partial charge in [-0.3, -0.25) is 4.28 Å². The van der Waals surface area contributed by atoms with Crippen LogP contribution in [0.15, 0.2) is 34.3 Å². The first-order valence-corrected chi connectivity index (χ1v) is 9.83. The zero-order chi connectivity index (χ0) is 23.7. The molecule has 170 valence electrons. The molecule has 1 atom stereocenters. The van der Waals surface area contributed by atoms with E-state index in [9.17, 15) is 43.5 Å². The lowest BCUT2D eigenvalue weighted by Crippen LogP contribution is -2.25. The number of benzene rings is 2. The predicted octanol–water partition coefficient (Wildman–Crippen LogP) is 5.57. The molecule has 0 aliphatic heterocycles. The van der Waals surface area contributed by atoms with E-state index in [1.54, 1.807) is 0 Å². The Bertz CT molecular complexity index is 1080. The Morgan fingerprint density at radius 3 is 1.81 bits per heavy atom. The molecule has 0 spiro atoms. The molecular weight excluding hydrogens is 462 g/mol. The minimum absolute atomic E-state index is 0.00572. The number of halogens is 8. The molecule has 0 saturated heterocycles. The molecule has 4 nitrogen and oxygen atoms in total. The van der Waals surface area contributed by atoms with Crippen molar-refractivity contribution in [2.24, 2.45) is 5.16 Å². The second-order valence-corrected chi connectivity index (χ2v) is 7.76. The third kappa shape index (κ3) is 4.97. The van der Waals surface area contributed by atoms with Crippen LogP contribution in [0.4, 0.5) is 35.1 Å². The van der Waals surface area contributed by atoms with Gasteiger partial charge in [0.2, 0.25) is 5.82 Å². The fourth-order valence-corrected chi connectivity index (χ4v) is 3.27. The number of hydrogen-bond acceptors (Lipinski definition) is 4. The summed E-state index contributed by atoms with van der Waals surface area (Å²) >= 11 is 0. The maximum atomic E-state index is 13.7. The number of alkyl halides is 3. The lowest BCUT2D eigenvalue weighted by atomic mass is 9.97. The molecule has 0 fully saturated rings. The average molecular weight is 475 g/mol. The Hall–Kier alpha value is -2.70. The van der Waals surface area contributed by atoms with Gasteiger partial charge in [0.1, 0.15) is 0 Å². The minimum Gasteiger partial charge on any atom is -0.264 e. The van der Waals surface area contributed by atoms with Crippen LogP contribution in [0, 0.1) is 29.1 Å². The molecule has 0 bridgehead atoms. The molecule has 0 amide bonds. The Labute approximate surface area is 171 Å². The third-order valence-electron chi connectivity index (χ3n) is 4.28. The van der Waals surface area contributed by atoms with Gasteiger partial charge in [-0.2, -0.15) is 21.6 Å². The van der Waals surface area contributed by atoms with E-state index in [0.29, 0.717) is 12.0 Å². The molecule has 0 aromatic heterocycles. The van der Waals surface area contributed by atoms with Gasteiger partial charge in [-0.05, 0) is 17.9 Å². The Balaban J connectivity index is 2.53. The van der Waals surface area contributed by atoms with Crippen LogP contribution in [0.3, 0.4) is 0 Å². The normalized spacial score (nSPS) is 13.9. The molecule has 0 aliphatic carbocycles. The number of oxime groups is 1. The van der Waals surface area contributed by atoms with Crippen molar-refractivity contribution < 1.29 is 47.8 Å². The quantitative estimate of drug-likeness (QED) is 0.181. The maximum Gasteiger partial charge on any atom is 0.437 e. The molecule has 2 rings (SSSR count). The second-order valence-electron chi connectivity index (χ2n) is 6.30. The number of hydrogen-bond donors (Lipinski definition) is 0. The number of nitrogens with zero attached hydrogens (tertiary/aromatic N) is 1. The summed E-state index contributed by atoms with van der Waals surface area (Å²) in [5.41, 5.74) is -1.90. The van der Waals surface area contributed by atoms with Crippen LogP contribution in [0.1, 0.15) is 37.3 Å². The van der Waals surface area contributed by atoms with Crippen molar-refractivity contribution >= 4 is 15.8 Å². The summed E-state index contributed by atoms with van der Waals surface area (Å²) in [6.07, 6.45) is -4.60. The van der Waals surface area contributed by atoms with Gasteiger partial charge < -0.3 is 0 Å². The number of rotatable bonds is 6. The zero-order valence-corrected chi connectivity index (χ0v) is 16.5. The molecule has 2 aromatic carbocycles. The average Bonchev–Trinajstić information content (AvgIpc) is 2.69. The van der Waals surface area contributed by atoms with E-state index in [1.165, 1.54) is 12.1 Å². The van der Waals surface area contributed by atoms with E-state index in [4.69, 9.17) is 0 Å². The standard InChI is InChI=1S/C18H13F8NO3S/c1-3-8(2)9-4-6-10(7-5-9)17(18(24,25)26)27-30-31(28,29)16-14(22)12(20)11(19)13(21)15(16)23/h4-8H,3H2,1-2H3/b27-17-. The van der Waals surface area contributed by atoms with Gasteiger partial charge in [0.15, 0.2) is 33.9 Å². The van der Waals surface area contributed by atoms with Gasteiger partial charge in [-0.15, -0.1) is 0 Å². The first kappa shape index (κ1) is 24.6. The van der Waals surface area contributed by atoms with Gasteiger partial charge in [-0.1, -0.05) is 43.3 Å². The predicted molar refractivity (Wildman–Crippen MR) is 92.2 cm³/mol. The molecular formula is C18H13F8NO3S. The molecule has 1 unspecified atom stereocenters. The molecule has 2 aromatic rings. The maximum absolute atomic E-state index is 13.7. The molecule has 0 aliphatic rings. The smallest absolute Gasteiger partial charge is 0.264 e. The molecule has 0 N–H and O–H groups in total.